The highest BCUT2D eigenvalue weighted by Crippen LogP contribution is 2.40. The molecule has 49 heavy (non-hydrogen) atoms. The van der Waals surface area contributed by atoms with Gasteiger partial charge in [0.1, 0.15) is 22.9 Å². The molecule has 0 spiro atoms. The Labute approximate surface area is 283 Å². The quantitative estimate of drug-likeness (QED) is 0.172. The predicted octanol–water partition coefficient (Wildman–Crippen LogP) is 7.53. The molecule has 0 aliphatic carbocycles. The van der Waals surface area contributed by atoms with Gasteiger partial charge in [0.15, 0.2) is 0 Å². The van der Waals surface area contributed by atoms with Gasteiger partial charge in [0.05, 0.1) is 16.9 Å². The average molecular weight is 701 g/mol. The number of nitrogens with zero attached hydrogens (tertiary/aromatic N) is 4. The van der Waals surface area contributed by atoms with Crippen LogP contribution in [-0.4, -0.2) is 70.8 Å². The van der Waals surface area contributed by atoms with Gasteiger partial charge in [-0.15, -0.1) is 0 Å². The maximum atomic E-state index is 15.0. The highest BCUT2D eigenvalue weighted by atomic mass is 32.2. The van der Waals surface area contributed by atoms with Crippen molar-refractivity contribution in [3.63, 3.8) is 0 Å². The first-order valence-corrected chi connectivity index (χ1v) is 17.5. The molecule has 0 saturated carbocycles. The van der Waals surface area contributed by atoms with Gasteiger partial charge in [-0.1, -0.05) is 19.1 Å². The number of carbonyl (C=O) groups excluding carboxylic acids is 1. The lowest BCUT2D eigenvalue weighted by molar-refractivity contribution is 0.0201. The largest absolute Gasteiger partial charge is 0.444 e. The number of nitrogens with one attached hydrogen (secondary N) is 2. The summed E-state index contributed by atoms with van der Waals surface area (Å²) >= 11 is 0. The third-order valence-electron chi connectivity index (χ3n) is 7.78. The van der Waals surface area contributed by atoms with E-state index >= 15 is 4.39 Å². The Morgan fingerprint density at radius 2 is 1.82 bits per heavy atom. The molecule has 3 heterocycles. The first-order valence-electron chi connectivity index (χ1n) is 15.8. The molecule has 2 N–H and O–H groups in total. The molecule has 4 aromatic rings. The number of fused-ring (bicyclic) bond motifs is 1. The van der Waals surface area contributed by atoms with E-state index in [9.17, 15) is 22.0 Å². The molecule has 2 aromatic heterocycles. The summed E-state index contributed by atoms with van der Waals surface area (Å²) in [6.07, 6.45) is 3.63. The van der Waals surface area contributed by atoms with Crippen molar-refractivity contribution in [1.29, 1.82) is 0 Å². The number of amides is 1. The number of hydrogen-bond acceptors (Lipinski definition) is 9. The van der Waals surface area contributed by atoms with Crippen molar-refractivity contribution >= 4 is 38.5 Å². The molecule has 15 heteroatoms. The molecule has 1 aliphatic rings. The fraction of sp³-hybridized carbons (Fsp3) is 0.412. The zero-order valence-corrected chi connectivity index (χ0v) is 28.7. The van der Waals surface area contributed by atoms with Gasteiger partial charge < -0.3 is 19.7 Å². The molecular weight excluding hydrogens is 661 g/mol. The van der Waals surface area contributed by atoms with Gasteiger partial charge in [-0.25, -0.2) is 41.3 Å². The van der Waals surface area contributed by atoms with E-state index in [1.165, 1.54) is 25.3 Å². The molecule has 0 radical (unpaired) electrons. The topological polar surface area (TPSA) is 136 Å². The lowest BCUT2D eigenvalue weighted by atomic mass is 10.0. The summed E-state index contributed by atoms with van der Waals surface area (Å²) in [4.78, 5) is 27.8. The molecule has 1 atom stereocenters. The van der Waals surface area contributed by atoms with Crippen molar-refractivity contribution in [3.05, 3.63) is 66.2 Å². The zero-order chi connectivity index (χ0) is 35.6. The van der Waals surface area contributed by atoms with E-state index in [0.717, 1.165) is 18.9 Å². The number of benzene rings is 2. The van der Waals surface area contributed by atoms with Crippen molar-refractivity contribution in [3.8, 4) is 22.9 Å². The van der Waals surface area contributed by atoms with Gasteiger partial charge >= 0.3 is 6.09 Å². The van der Waals surface area contributed by atoms with Gasteiger partial charge in [-0.05, 0) is 76.4 Å². The van der Waals surface area contributed by atoms with Crippen molar-refractivity contribution in [2.24, 2.45) is 0 Å². The second-order valence-corrected chi connectivity index (χ2v) is 14.7. The fourth-order valence-electron chi connectivity index (χ4n) is 5.38. The highest BCUT2D eigenvalue weighted by Gasteiger charge is 2.34. The second-order valence-electron chi connectivity index (χ2n) is 12.9. The third kappa shape index (κ3) is 8.88. The molecule has 5 rings (SSSR count). The number of carbonyl (C=O) groups is 1. The molecule has 262 valence electrons. The molecule has 1 saturated heterocycles. The summed E-state index contributed by atoms with van der Waals surface area (Å²) in [6.45, 7) is 9.40. The number of likely N-dealkylation sites (tertiary alicyclic amines) is 1. The second kappa shape index (κ2) is 14.1. The Hall–Kier alpha value is -4.66. The molecule has 2 aromatic carbocycles. The molecule has 11 nitrogen and oxygen atoms in total. The van der Waals surface area contributed by atoms with E-state index in [0.29, 0.717) is 41.2 Å². The maximum absolute atomic E-state index is 15.0. The van der Waals surface area contributed by atoms with E-state index in [1.807, 2.05) is 25.5 Å². The van der Waals surface area contributed by atoms with Crippen molar-refractivity contribution in [2.45, 2.75) is 71.4 Å². The number of sulfonamides is 1. The molecule has 1 aliphatic heterocycles. The van der Waals surface area contributed by atoms with E-state index in [2.05, 4.69) is 15.3 Å². The van der Waals surface area contributed by atoms with E-state index in [-0.39, 0.29) is 29.2 Å². The number of alkyl halides is 2. The number of piperidine rings is 1. The van der Waals surface area contributed by atoms with Gasteiger partial charge in [0, 0.05) is 48.7 Å². The van der Waals surface area contributed by atoms with Crippen LogP contribution in [-0.2, 0) is 14.8 Å². The lowest BCUT2D eigenvalue weighted by Gasteiger charge is -2.34. The van der Waals surface area contributed by atoms with Crippen LogP contribution in [0.5, 0.6) is 11.6 Å². The Bertz CT molecular complexity index is 1950. The summed E-state index contributed by atoms with van der Waals surface area (Å²) < 4.78 is 82.1. The minimum absolute atomic E-state index is 0.111. The summed E-state index contributed by atoms with van der Waals surface area (Å²) in [5, 5.41) is 3.76. The van der Waals surface area contributed by atoms with Crippen molar-refractivity contribution in [1.82, 2.24) is 19.9 Å². The van der Waals surface area contributed by atoms with Gasteiger partial charge in [0.2, 0.25) is 21.9 Å². The number of halogens is 3. The Kier molecular flexibility index (Phi) is 10.2. The number of pyridine rings is 1. The van der Waals surface area contributed by atoms with Crippen LogP contribution < -0.4 is 14.8 Å². The number of rotatable bonds is 10. The van der Waals surface area contributed by atoms with Gasteiger partial charge in [-0.2, -0.15) is 0 Å². The number of aromatic nitrogens is 3. The maximum Gasteiger partial charge on any atom is 0.410 e. The molecular formula is C34H39F3N6O5S. The first kappa shape index (κ1) is 35.6. The number of aryl methyl sites for hydroxylation is 1. The van der Waals surface area contributed by atoms with Crippen LogP contribution in [0, 0.1) is 12.7 Å². The van der Waals surface area contributed by atoms with Crippen molar-refractivity contribution in [2.75, 3.05) is 28.9 Å². The van der Waals surface area contributed by atoms with Crippen LogP contribution >= 0.6 is 0 Å². The summed E-state index contributed by atoms with van der Waals surface area (Å²) in [5.74, 6) is -5.15. The van der Waals surface area contributed by atoms with Crippen LogP contribution in [0.4, 0.5) is 29.6 Å². The minimum atomic E-state index is -4.61. The number of anilines is 2. The smallest absolute Gasteiger partial charge is 0.410 e. The summed E-state index contributed by atoms with van der Waals surface area (Å²) in [7, 11) is -4.61. The highest BCUT2D eigenvalue weighted by molar-refractivity contribution is 7.92. The summed E-state index contributed by atoms with van der Waals surface area (Å²) in [6, 6.07) is 10.6. The van der Waals surface area contributed by atoms with Crippen LogP contribution in [0.15, 0.2) is 54.9 Å². The lowest BCUT2D eigenvalue weighted by Crippen LogP contribution is -2.47. The van der Waals surface area contributed by atoms with E-state index < -0.39 is 45.2 Å². The molecule has 1 unspecified atom stereocenters. The fourth-order valence-corrected chi connectivity index (χ4v) is 6.73. The normalized spacial score (nSPS) is 15.6. The predicted molar refractivity (Wildman–Crippen MR) is 181 cm³/mol. The third-order valence-corrected chi connectivity index (χ3v) is 9.10. The van der Waals surface area contributed by atoms with Gasteiger partial charge in [-0.3, -0.25) is 4.72 Å². The zero-order valence-electron chi connectivity index (χ0n) is 27.9. The minimum Gasteiger partial charge on any atom is -0.444 e. The van der Waals surface area contributed by atoms with Crippen LogP contribution in [0.1, 0.15) is 52.5 Å². The Morgan fingerprint density at radius 1 is 1.06 bits per heavy atom. The Balaban J connectivity index is 1.41. The van der Waals surface area contributed by atoms with Crippen LogP contribution in [0.3, 0.4) is 0 Å². The first-order chi connectivity index (χ1) is 23.0. The number of ether oxygens (including phenoxy) is 2. The molecule has 1 fully saturated rings. The SMILES string of the molecule is CCC(F)(F)CS(=O)(=O)Nc1c(F)ccc2c(Oc3ncccc3-c3ccnc(NC4CCCN(C(=O)OC(C)(C)C)C4)n3)c(C)ccc12. The molecule has 0 bridgehead atoms. The molecule has 1 amide bonds. The van der Waals surface area contributed by atoms with Crippen molar-refractivity contribution < 1.29 is 35.9 Å². The standard InChI is InChI=1S/C34H39F3N6O5S/c1-6-34(36,37)20-49(45,46)42-28-23-12-11-21(2)29(24(23)13-14-26(28)35)47-30-25(10-7-16-38-30)27-15-17-39-31(41-27)40-22-9-8-18-43(19-22)32(44)48-33(3,4)5/h7,10-17,22,42H,6,8-9,18-20H2,1-5H3,(H,39,40,41). The average Bonchev–Trinajstić information content (AvgIpc) is 3.03. The Morgan fingerprint density at radius 3 is 2.55 bits per heavy atom. The van der Waals surface area contributed by atoms with Gasteiger partial charge in [0.25, 0.3) is 5.92 Å². The summed E-state index contributed by atoms with van der Waals surface area (Å²) in [5.41, 5.74) is 0.546. The van der Waals surface area contributed by atoms with E-state index in [1.54, 1.807) is 42.3 Å². The monoisotopic (exact) mass is 700 g/mol. The number of hydrogen-bond donors (Lipinski definition) is 2. The van der Waals surface area contributed by atoms with Crippen LogP contribution in [0.25, 0.3) is 22.0 Å². The van der Waals surface area contributed by atoms with Crippen LogP contribution in [0.2, 0.25) is 0 Å². The van der Waals surface area contributed by atoms with E-state index in [4.69, 9.17) is 14.5 Å².